The highest BCUT2D eigenvalue weighted by molar-refractivity contribution is 5.85. The molecular weight excluding hydrogens is 183 g/mol. The van der Waals surface area contributed by atoms with Gasteiger partial charge in [-0.15, -0.1) is 24.8 Å². The smallest absolute Gasteiger partial charge is 0.0180 e. The van der Waals surface area contributed by atoms with Crippen LogP contribution in [0.5, 0.6) is 0 Å². The van der Waals surface area contributed by atoms with E-state index in [0.29, 0.717) is 12.1 Å². The summed E-state index contributed by atoms with van der Waals surface area (Å²) < 4.78 is 0. The highest BCUT2D eigenvalue weighted by Crippen LogP contribution is 2.09. The van der Waals surface area contributed by atoms with Crippen LogP contribution in [-0.2, 0) is 0 Å². The van der Waals surface area contributed by atoms with Gasteiger partial charge in [-0.1, -0.05) is 0 Å². The normalized spacial score (nSPS) is 24.5. The highest BCUT2D eigenvalue weighted by atomic mass is 35.5. The summed E-state index contributed by atoms with van der Waals surface area (Å²) in [4.78, 5) is 2.42. The van der Waals surface area contributed by atoms with E-state index in [9.17, 15) is 0 Å². The summed E-state index contributed by atoms with van der Waals surface area (Å²) >= 11 is 0. The van der Waals surface area contributed by atoms with Crippen molar-refractivity contribution in [1.82, 2.24) is 4.90 Å². The Morgan fingerprint density at radius 3 is 2.09 bits per heavy atom. The van der Waals surface area contributed by atoms with E-state index in [1.165, 1.54) is 13.0 Å². The molecule has 2 N–H and O–H groups in total. The summed E-state index contributed by atoms with van der Waals surface area (Å²) in [5, 5.41) is 0. The average Bonchev–Trinajstić information content (AvgIpc) is 2.14. The van der Waals surface area contributed by atoms with Crippen molar-refractivity contribution in [2.45, 2.75) is 32.4 Å². The molecule has 0 aromatic carbocycles. The molecule has 2 nitrogen and oxygen atoms in total. The summed E-state index contributed by atoms with van der Waals surface area (Å²) in [5.74, 6) is 0. The van der Waals surface area contributed by atoms with Crippen molar-refractivity contribution in [3.05, 3.63) is 0 Å². The molecule has 0 spiro atoms. The monoisotopic (exact) mass is 200 g/mol. The zero-order valence-corrected chi connectivity index (χ0v) is 8.75. The number of rotatable bonds is 1. The van der Waals surface area contributed by atoms with Gasteiger partial charge >= 0.3 is 0 Å². The van der Waals surface area contributed by atoms with Gasteiger partial charge < -0.3 is 5.73 Å². The third-order valence-electron chi connectivity index (χ3n) is 1.99. The van der Waals surface area contributed by atoms with Gasteiger partial charge in [0.05, 0.1) is 0 Å². The van der Waals surface area contributed by atoms with Crippen LogP contribution in [0.3, 0.4) is 0 Å². The minimum absolute atomic E-state index is 0. The van der Waals surface area contributed by atoms with Crippen molar-refractivity contribution >= 4 is 24.8 Å². The van der Waals surface area contributed by atoms with Crippen LogP contribution in [0.2, 0.25) is 0 Å². The number of likely N-dealkylation sites (tertiary alicyclic amines) is 1. The topological polar surface area (TPSA) is 29.3 Å². The van der Waals surface area contributed by atoms with Gasteiger partial charge in [-0.3, -0.25) is 4.90 Å². The van der Waals surface area contributed by atoms with E-state index >= 15 is 0 Å². The first-order chi connectivity index (χ1) is 4.20. The highest BCUT2D eigenvalue weighted by Gasteiger charge is 2.20. The van der Waals surface area contributed by atoms with Gasteiger partial charge in [-0.25, -0.2) is 0 Å². The molecule has 1 aliphatic heterocycles. The lowest BCUT2D eigenvalue weighted by Crippen LogP contribution is -2.31. The first-order valence-corrected chi connectivity index (χ1v) is 3.70. The van der Waals surface area contributed by atoms with Gasteiger partial charge in [0.2, 0.25) is 0 Å². The van der Waals surface area contributed by atoms with E-state index in [1.54, 1.807) is 0 Å². The van der Waals surface area contributed by atoms with Crippen LogP contribution >= 0.6 is 24.8 Å². The molecule has 0 aromatic rings. The van der Waals surface area contributed by atoms with Crippen molar-refractivity contribution in [1.29, 1.82) is 0 Å². The lowest BCUT2D eigenvalue weighted by molar-refractivity contribution is 0.272. The molecule has 4 heteroatoms. The average molecular weight is 201 g/mol. The molecule has 11 heavy (non-hydrogen) atoms. The number of nitrogens with two attached hydrogens (primary N) is 1. The Morgan fingerprint density at radius 1 is 1.36 bits per heavy atom. The van der Waals surface area contributed by atoms with Crippen LogP contribution in [0, 0.1) is 0 Å². The quantitative estimate of drug-likeness (QED) is 0.692. The molecule has 1 rings (SSSR count). The standard InChI is InChI=1S/C7H16N2.2ClH/c1-6(2)9-4-3-7(8)5-9;;/h6-7H,3-5,8H2,1-2H3;2*1H/t7-;;/m1../s1. The Hall–Kier alpha value is 0.500. The van der Waals surface area contributed by atoms with Crippen LogP contribution < -0.4 is 5.73 Å². The molecule has 0 aromatic heterocycles. The van der Waals surface area contributed by atoms with Crippen molar-refractivity contribution in [2.75, 3.05) is 13.1 Å². The molecular formula is C7H18Cl2N2. The van der Waals surface area contributed by atoms with Gasteiger partial charge in [-0.05, 0) is 26.8 Å². The molecule has 1 aliphatic rings. The van der Waals surface area contributed by atoms with E-state index in [1.807, 2.05) is 0 Å². The summed E-state index contributed by atoms with van der Waals surface area (Å²) in [6.07, 6.45) is 1.18. The van der Waals surface area contributed by atoms with Crippen molar-refractivity contribution < 1.29 is 0 Å². The summed E-state index contributed by atoms with van der Waals surface area (Å²) in [5.41, 5.74) is 5.72. The van der Waals surface area contributed by atoms with E-state index in [-0.39, 0.29) is 24.8 Å². The zero-order chi connectivity index (χ0) is 6.85. The Bertz CT molecular complexity index is 98.4. The Morgan fingerprint density at radius 2 is 1.91 bits per heavy atom. The Balaban J connectivity index is 0. The summed E-state index contributed by atoms with van der Waals surface area (Å²) in [7, 11) is 0. The van der Waals surface area contributed by atoms with E-state index in [4.69, 9.17) is 5.73 Å². The maximum atomic E-state index is 5.72. The molecule has 0 saturated carbocycles. The van der Waals surface area contributed by atoms with E-state index in [2.05, 4.69) is 18.7 Å². The molecule has 1 saturated heterocycles. The maximum Gasteiger partial charge on any atom is 0.0180 e. The summed E-state index contributed by atoms with van der Waals surface area (Å²) in [6.45, 7) is 6.73. The van der Waals surface area contributed by atoms with E-state index < -0.39 is 0 Å². The minimum atomic E-state index is 0. The number of hydrogen-bond acceptors (Lipinski definition) is 2. The van der Waals surface area contributed by atoms with Crippen molar-refractivity contribution in [3.8, 4) is 0 Å². The molecule has 1 fully saturated rings. The largest absolute Gasteiger partial charge is 0.326 e. The zero-order valence-electron chi connectivity index (χ0n) is 7.12. The SMILES string of the molecule is CC(C)N1CC[C@@H](N)C1.Cl.Cl. The van der Waals surface area contributed by atoms with Gasteiger partial charge in [0.1, 0.15) is 0 Å². The fourth-order valence-corrected chi connectivity index (χ4v) is 1.28. The molecule has 0 aliphatic carbocycles. The fourth-order valence-electron chi connectivity index (χ4n) is 1.28. The predicted molar refractivity (Wildman–Crippen MR) is 53.8 cm³/mol. The van der Waals surface area contributed by atoms with Crippen LogP contribution in [0.4, 0.5) is 0 Å². The van der Waals surface area contributed by atoms with Crippen LogP contribution in [0.1, 0.15) is 20.3 Å². The first-order valence-electron chi connectivity index (χ1n) is 3.70. The molecule has 0 unspecified atom stereocenters. The molecule has 70 valence electrons. The van der Waals surface area contributed by atoms with Gasteiger partial charge in [-0.2, -0.15) is 0 Å². The second-order valence-electron chi connectivity index (χ2n) is 3.14. The Labute approximate surface area is 81.3 Å². The van der Waals surface area contributed by atoms with Crippen LogP contribution in [0.25, 0.3) is 0 Å². The van der Waals surface area contributed by atoms with Gasteiger partial charge in [0, 0.05) is 18.6 Å². The van der Waals surface area contributed by atoms with E-state index in [0.717, 1.165) is 6.54 Å². The minimum Gasteiger partial charge on any atom is -0.326 e. The second kappa shape index (κ2) is 6.06. The molecule has 0 radical (unpaired) electrons. The Kier molecular flexibility index (Phi) is 7.75. The van der Waals surface area contributed by atoms with Gasteiger partial charge in [0.15, 0.2) is 0 Å². The first kappa shape index (κ1) is 14.0. The third-order valence-corrected chi connectivity index (χ3v) is 1.99. The fraction of sp³-hybridized carbons (Fsp3) is 1.00. The second-order valence-corrected chi connectivity index (χ2v) is 3.14. The molecule has 0 bridgehead atoms. The maximum absolute atomic E-state index is 5.72. The molecule has 1 atom stereocenters. The van der Waals surface area contributed by atoms with Gasteiger partial charge in [0.25, 0.3) is 0 Å². The summed E-state index contributed by atoms with van der Waals surface area (Å²) in [6, 6.07) is 1.12. The predicted octanol–water partition coefficient (Wildman–Crippen LogP) is 1.27. The number of halogens is 2. The molecule has 1 heterocycles. The van der Waals surface area contributed by atoms with Crippen LogP contribution in [0.15, 0.2) is 0 Å². The number of nitrogens with zero attached hydrogens (tertiary/aromatic N) is 1. The lowest BCUT2D eigenvalue weighted by atomic mass is 10.3. The van der Waals surface area contributed by atoms with Crippen molar-refractivity contribution in [3.63, 3.8) is 0 Å². The lowest BCUT2D eigenvalue weighted by Gasteiger charge is -2.19. The van der Waals surface area contributed by atoms with Crippen molar-refractivity contribution in [2.24, 2.45) is 5.73 Å². The van der Waals surface area contributed by atoms with Crippen LogP contribution in [-0.4, -0.2) is 30.1 Å². The molecule has 0 amide bonds. The number of hydrogen-bond donors (Lipinski definition) is 1. The third kappa shape index (κ3) is 4.16.